The molecule has 0 aliphatic heterocycles. The first-order valence-corrected chi connectivity index (χ1v) is 5.90. The molecule has 0 radical (unpaired) electrons. The summed E-state index contributed by atoms with van der Waals surface area (Å²) < 4.78 is 0. The average Bonchev–Trinajstić information content (AvgIpc) is 2.38. The molecule has 0 aliphatic carbocycles. The van der Waals surface area contributed by atoms with Gasteiger partial charge >= 0.3 is 11.8 Å². The van der Waals surface area contributed by atoms with Crippen molar-refractivity contribution in [2.24, 2.45) is 0 Å². The normalized spacial score (nSPS) is 9.89. The molecule has 0 aromatic heterocycles. The summed E-state index contributed by atoms with van der Waals surface area (Å²) in [5.41, 5.74) is 1.48. The number of likely N-dealkylation sites (N-methyl/N-ethyl adjacent to an activating group) is 1. The molecule has 0 spiro atoms. The number of amides is 2. The number of aliphatic hydroxyl groups excluding tert-OH is 1. The Balaban J connectivity index is 2.71. The topological polar surface area (TPSA) is 72.9 Å². The van der Waals surface area contributed by atoms with E-state index in [4.69, 9.17) is 5.11 Å². The van der Waals surface area contributed by atoms with Crippen LogP contribution in [0.5, 0.6) is 0 Å². The number of nitrogens with one attached hydrogen (secondary N) is 1. The first-order chi connectivity index (χ1) is 8.95. The fraction of sp³-hybridized carbons (Fsp3) is 0.385. The Kier molecular flexibility index (Phi) is 5.32. The highest BCUT2D eigenvalue weighted by Crippen LogP contribution is 2.17. The van der Waals surface area contributed by atoms with Crippen molar-refractivity contribution in [3.05, 3.63) is 24.3 Å². The Bertz CT molecular complexity index is 460. The zero-order valence-corrected chi connectivity index (χ0v) is 11.4. The lowest BCUT2D eigenvalue weighted by Crippen LogP contribution is -2.38. The van der Waals surface area contributed by atoms with Crippen LogP contribution in [0.1, 0.15) is 0 Å². The van der Waals surface area contributed by atoms with Gasteiger partial charge < -0.3 is 20.2 Å². The van der Waals surface area contributed by atoms with Gasteiger partial charge in [-0.2, -0.15) is 0 Å². The van der Waals surface area contributed by atoms with Crippen LogP contribution in [0.25, 0.3) is 0 Å². The van der Waals surface area contributed by atoms with Crippen molar-refractivity contribution in [3.63, 3.8) is 0 Å². The Morgan fingerprint density at radius 1 is 1.26 bits per heavy atom. The van der Waals surface area contributed by atoms with Crippen LogP contribution in [0.3, 0.4) is 0 Å². The number of hydrogen-bond donors (Lipinski definition) is 2. The summed E-state index contributed by atoms with van der Waals surface area (Å²) in [4.78, 5) is 26.4. The van der Waals surface area contributed by atoms with Gasteiger partial charge in [0.05, 0.1) is 6.61 Å². The number of carbonyl (C=O) groups is 2. The van der Waals surface area contributed by atoms with E-state index in [2.05, 4.69) is 5.32 Å². The highest BCUT2D eigenvalue weighted by Gasteiger charge is 2.18. The monoisotopic (exact) mass is 265 g/mol. The summed E-state index contributed by atoms with van der Waals surface area (Å²) >= 11 is 0. The van der Waals surface area contributed by atoms with Gasteiger partial charge in [-0.15, -0.1) is 0 Å². The zero-order valence-electron chi connectivity index (χ0n) is 11.4. The summed E-state index contributed by atoms with van der Waals surface area (Å²) in [6.45, 7) is -0.0460. The SMILES string of the molecule is CN(CCO)C(=O)C(=O)Nc1cccc(N(C)C)c1. The van der Waals surface area contributed by atoms with Gasteiger partial charge in [0.25, 0.3) is 0 Å². The van der Waals surface area contributed by atoms with Crippen LogP contribution in [0.4, 0.5) is 11.4 Å². The van der Waals surface area contributed by atoms with E-state index in [0.717, 1.165) is 5.69 Å². The van der Waals surface area contributed by atoms with E-state index in [1.807, 2.05) is 25.1 Å². The van der Waals surface area contributed by atoms with Crippen molar-refractivity contribution in [2.45, 2.75) is 0 Å². The first kappa shape index (κ1) is 15.0. The third-order valence-corrected chi connectivity index (χ3v) is 2.60. The molecule has 0 saturated heterocycles. The van der Waals surface area contributed by atoms with Gasteiger partial charge in [-0.3, -0.25) is 9.59 Å². The van der Waals surface area contributed by atoms with Gasteiger partial charge in [-0.1, -0.05) is 6.07 Å². The minimum Gasteiger partial charge on any atom is -0.395 e. The van der Waals surface area contributed by atoms with Crippen LogP contribution in [0, 0.1) is 0 Å². The Labute approximate surface area is 112 Å². The van der Waals surface area contributed by atoms with Gasteiger partial charge in [-0.05, 0) is 18.2 Å². The number of anilines is 2. The number of rotatable bonds is 4. The van der Waals surface area contributed by atoms with Crippen molar-refractivity contribution in [1.82, 2.24) is 4.90 Å². The third-order valence-electron chi connectivity index (χ3n) is 2.60. The van der Waals surface area contributed by atoms with Gasteiger partial charge in [0, 0.05) is 39.1 Å². The van der Waals surface area contributed by atoms with Crippen LogP contribution in [0.2, 0.25) is 0 Å². The molecule has 0 atom stereocenters. The molecule has 6 nitrogen and oxygen atoms in total. The molecule has 0 heterocycles. The van der Waals surface area contributed by atoms with Crippen molar-refractivity contribution in [1.29, 1.82) is 0 Å². The second-order valence-electron chi connectivity index (χ2n) is 4.35. The highest BCUT2D eigenvalue weighted by atomic mass is 16.3. The number of benzene rings is 1. The number of aliphatic hydroxyl groups is 1. The minimum absolute atomic E-state index is 0.129. The van der Waals surface area contributed by atoms with Crippen LogP contribution in [-0.4, -0.2) is 56.1 Å². The molecular weight excluding hydrogens is 246 g/mol. The molecule has 2 amide bonds. The minimum atomic E-state index is -0.716. The molecule has 0 unspecified atom stereocenters. The second kappa shape index (κ2) is 6.75. The van der Waals surface area contributed by atoms with E-state index >= 15 is 0 Å². The van der Waals surface area contributed by atoms with E-state index in [9.17, 15) is 9.59 Å². The van der Waals surface area contributed by atoms with E-state index in [-0.39, 0.29) is 13.2 Å². The van der Waals surface area contributed by atoms with Crippen LogP contribution in [-0.2, 0) is 9.59 Å². The van der Waals surface area contributed by atoms with Crippen molar-refractivity contribution < 1.29 is 14.7 Å². The van der Waals surface area contributed by atoms with Crippen molar-refractivity contribution >= 4 is 23.2 Å². The summed E-state index contributed by atoms with van der Waals surface area (Å²) in [7, 11) is 5.25. The number of carbonyl (C=O) groups excluding carboxylic acids is 2. The Morgan fingerprint density at radius 2 is 1.95 bits per heavy atom. The molecule has 2 N–H and O–H groups in total. The molecular formula is C13H19N3O3. The molecule has 104 valence electrons. The molecule has 0 bridgehead atoms. The van der Waals surface area contributed by atoms with Gasteiger partial charge in [0.2, 0.25) is 0 Å². The Hall–Kier alpha value is -2.08. The molecule has 1 rings (SSSR count). The third kappa shape index (κ3) is 4.26. The average molecular weight is 265 g/mol. The van der Waals surface area contributed by atoms with Crippen LogP contribution < -0.4 is 10.2 Å². The maximum atomic E-state index is 11.7. The van der Waals surface area contributed by atoms with Gasteiger partial charge in [0.15, 0.2) is 0 Å². The maximum absolute atomic E-state index is 11.7. The van der Waals surface area contributed by atoms with Crippen LogP contribution >= 0.6 is 0 Å². The number of hydrogen-bond acceptors (Lipinski definition) is 4. The molecule has 0 saturated carbocycles. The highest BCUT2D eigenvalue weighted by molar-refractivity contribution is 6.39. The number of nitrogens with zero attached hydrogens (tertiary/aromatic N) is 2. The summed E-state index contributed by atoms with van der Waals surface area (Å²) in [5.74, 6) is -1.39. The summed E-state index contributed by atoms with van der Waals surface area (Å²) in [6.07, 6.45) is 0. The van der Waals surface area contributed by atoms with E-state index in [0.29, 0.717) is 5.69 Å². The smallest absolute Gasteiger partial charge is 0.313 e. The van der Waals surface area contributed by atoms with Crippen LogP contribution in [0.15, 0.2) is 24.3 Å². The van der Waals surface area contributed by atoms with Gasteiger partial charge in [0.1, 0.15) is 0 Å². The predicted molar refractivity (Wildman–Crippen MR) is 74.1 cm³/mol. The quantitative estimate of drug-likeness (QED) is 0.760. The lowest BCUT2D eigenvalue weighted by molar-refractivity contribution is -0.142. The molecule has 0 aliphatic rings. The zero-order chi connectivity index (χ0) is 14.4. The Morgan fingerprint density at radius 3 is 2.53 bits per heavy atom. The fourth-order valence-corrected chi connectivity index (χ4v) is 1.47. The summed E-state index contributed by atoms with van der Waals surface area (Å²) in [6, 6.07) is 7.18. The molecule has 19 heavy (non-hydrogen) atoms. The second-order valence-corrected chi connectivity index (χ2v) is 4.35. The summed E-state index contributed by atoms with van der Waals surface area (Å²) in [5, 5.41) is 11.3. The standard InChI is InChI=1S/C13H19N3O3/c1-15(2)11-6-4-5-10(9-11)14-12(18)13(19)16(3)7-8-17/h4-6,9,17H,7-8H2,1-3H3,(H,14,18). The lowest BCUT2D eigenvalue weighted by Gasteiger charge is -2.16. The first-order valence-electron chi connectivity index (χ1n) is 5.90. The van der Waals surface area contributed by atoms with Crippen molar-refractivity contribution in [3.8, 4) is 0 Å². The predicted octanol–water partition coefficient (Wildman–Crippen LogP) is 0.142. The fourth-order valence-electron chi connectivity index (χ4n) is 1.47. The largest absolute Gasteiger partial charge is 0.395 e. The molecule has 1 aromatic carbocycles. The van der Waals surface area contributed by atoms with E-state index < -0.39 is 11.8 Å². The molecule has 0 fully saturated rings. The van der Waals surface area contributed by atoms with E-state index in [1.54, 1.807) is 18.2 Å². The van der Waals surface area contributed by atoms with Gasteiger partial charge in [-0.25, -0.2) is 0 Å². The lowest BCUT2D eigenvalue weighted by atomic mass is 10.2. The molecule has 1 aromatic rings. The molecule has 6 heteroatoms. The maximum Gasteiger partial charge on any atom is 0.313 e. The van der Waals surface area contributed by atoms with Crippen molar-refractivity contribution in [2.75, 3.05) is 44.5 Å². The van der Waals surface area contributed by atoms with E-state index in [1.165, 1.54) is 11.9 Å².